The molecule has 7 atom stereocenters. The van der Waals surface area contributed by atoms with Gasteiger partial charge in [0.05, 0.1) is 31.3 Å². The number of nitrogens with one attached hydrogen (secondary N) is 1. The molecular weight excluding hydrogens is 602 g/mol. The summed E-state index contributed by atoms with van der Waals surface area (Å²) in [6.45, 7) is 3.60. The highest BCUT2D eigenvalue weighted by molar-refractivity contribution is 6.05. The highest BCUT2D eigenvalue weighted by Gasteiger charge is 2.73. The molecule has 0 aliphatic carbocycles. The number of anilines is 1. The summed E-state index contributed by atoms with van der Waals surface area (Å²) in [5.74, 6) is -3.89. The lowest BCUT2D eigenvalue weighted by molar-refractivity contribution is -0.162. The topological polar surface area (TPSA) is 135 Å². The van der Waals surface area contributed by atoms with Gasteiger partial charge in [0.25, 0.3) is 5.91 Å². The second-order valence-electron chi connectivity index (χ2n) is 12.6. The Balaban J connectivity index is 1.46. The van der Waals surface area contributed by atoms with E-state index < -0.39 is 59.5 Å². The zero-order valence-corrected chi connectivity index (χ0v) is 26.8. The number of rotatable bonds is 6. The first-order chi connectivity index (χ1) is 22.7. The van der Waals surface area contributed by atoms with Crippen molar-refractivity contribution in [1.29, 1.82) is 0 Å². The number of amides is 3. The van der Waals surface area contributed by atoms with Crippen LogP contribution >= 0.6 is 0 Å². The van der Waals surface area contributed by atoms with E-state index in [4.69, 9.17) is 14.2 Å². The van der Waals surface area contributed by atoms with Crippen LogP contribution in [0.15, 0.2) is 72.8 Å². The Morgan fingerprint density at radius 1 is 1.04 bits per heavy atom. The first-order valence-corrected chi connectivity index (χ1v) is 16.1. The number of hydrogen-bond acceptors (Lipinski definition) is 8. The molecule has 4 heterocycles. The molecule has 0 radical (unpaired) electrons. The first kappa shape index (κ1) is 32.6. The number of aliphatic hydroxyl groups excluding tert-OH is 1. The van der Waals surface area contributed by atoms with Gasteiger partial charge in [0.1, 0.15) is 23.7 Å². The van der Waals surface area contributed by atoms with E-state index in [1.54, 1.807) is 29.2 Å². The van der Waals surface area contributed by atoms with Crippen LogP contribution in [0.2, 0.25) is 0 Å². The molecular formula is C36H41N3O8. The van der Waals surface area contributed by atoms with E-state index in [9.17, 15) is 24.3 Å². The molecule has 0 unspecified atom stereocenters. The van der Waals surface area contributed by atoms with Crippen molar-refractivity contribution >= 4 is 29.4 Å². The van der Waals surface area contributed by atoms with Gasteiger partial charge >= 0.3 is 5.97 Å². The summed E-state index contributed by atoms with van der Waals surface area (Å²) in [5.41, 5.74) is 1.69. The van der Waals surface area contributed by atoms with Gasteiger partial charge < -0.3 is 34.4 Å². The van der Waals surface area contributed by atoms with Crippen LogP contribution in [-0.4, -0.2) is 90.9 Å². The van der Waals surface area contributed by atoms with Crippen molar-refractivity contribution < 1.29 is 38.5 Å². The Morgan fingerprint density at radius 2 is 1.83 bits per heavy atom. The third-order valence-corrected chi connectivity index (χ3v) is 9.56. The van der Waals surface area contributed by atoms with Crippen LogP contribution in [0.3, 0.4) is 0 Å². The number of fused-ring (bicyclic) bond motifs is 2. The van der Waals surface area contributed by atoms with Crippen molar-refractivity contribution in [3.63, 3.8) is 0 Å². The number of benzene rings is 2. The van der Waals surface area contributed by atoms with E-state index in [0.29, 0.717) is 17.7 Å². The summed E-state index contributed by atoms with van der Waals surface area (Å²) in [5, 5.41) is 13.0. The molecule has 0 saturated carbocycles. The Bertz CT molecular complexity index is 1590. The number of methoxy groups -OCH3 is 1. The van der Waals surface area contributed by atoms with Gasteiger partial charge in [-0.15, -0.1) is 0 Å². The Labute approximate surface area is 274 Å². The third kappa shape index (κ3) is 5.88. The largest absolute Gasteiger partial charge is 0.455 e. The van der Waals surface area contributed by atoms with E-state index in [1.165, 1.54) is 12.0 Å². The average molecular weight is 644 g/mol. The molecule has 248 valence electrons. The Morgan fingerprint density at radius 3 is 2.57 bits per heavy atom. The van der Waals surface area contributed by atoms with Crippen molar-refractivity contribution in [1.82, 2.24) is 10.2 Å². The molecule has 2 aromatic rings. The summed E-state index contributed by atoms with van der Waals surface area (Å²) in [7, 11) is 1.51. The Hall–Kier alpha value is -4.32. The number of cyclic esters (lactones) is 1. The predicted molar refractivity (Wildman–Crippen MR) is 172 cm³/mol. The van der Waals surface area contributed by atoms with Crippen molar-refractivity contribution in [2.75, 3.05) is 38.3 Å². The van der Waals surface area contributed by atoms with Crippen LogP contribution < -0.4 is 10.2 Å². The minimum absolute atomic E-state index is 0.0663. The fraction of sp³-hybridized carbons (Fsp3) is 0.444. The minimum atomic E-state index is -1.44. The van der Waals surface area contributed by atoms with Gasteiger partial charge in [-0.1, -0.05) is 66.8 Å². The van der Waals surface area contributed by atoms with Crippen LogP contribution in [0.4, 0.5) is 5.69 Å². The molecule has 2 N–H and O–H groups in total. The van der Waals surface area contributed by atoms with Gasteiger partial charge in [0, 0.05) is 32.3 Å². The lowest BCUT2D eigenvalue weighted by atomic mass is 9.74. The van der Waals surface area contributed by atoms with E-state index in [-0.39, 0.29) is 38.6 Å². The lowest BCUT2D eigenvalue weighted by Crippen LogP contribution is -2.56. The summed E-state index contributed by atoms with van der Waals surface area (Å²) in [4.78, 5) is 59.5. The fourth-order valence-corrected chi connectivity index (χ4v) is 7.43. The van der Waals surface area contributed by atoms with Crippen molar-refractivity contribution in [3.8, 4) is 0 Å². The second-order valence-corrected chi connectivity index (χ2v) is 12.6. The predicted octanol–water partition coefficient (Wildman–Crippen LogP) is 2.55. The number of esters is 1. The standard InChI is InChI=1S/C36H41N3O8/c1-22-13-14-23(2)26(20-22)38-17-9-5-8-12-28(41)37-25(21-45-3)31(24-10-6-4-7-11-24)46-35(44)29-27-15-16-36(47-27)30(29)33(42)39(18-19-40)32(36)34(38)43/h4-7,9-11,13-16,20,25,27,29-32,40H,8,12,17-19,21H2,1-3H3,(H,37,41)/b9-5-/t25-,27+,29-,30-,31-,32+,36-/m1/s1. The van der Waals surface area contributed by atoms with Gasteiger partial charge in [-0.3, -0.25) is 19.2 Å². The van der Waals surface area contributed by atoms with E-state index in [0.717, 1.165) is 11.1 Å². The van der Waals surface area contributed by atoms with E-state index in [2.05, 4.69) is 5.32 Å². The Kier molecular flexibility index (Phi) is 9.32. The number of β-amino-alcohol motifs (C(OH)–C–C–N with tert-alkyl or cyclic N) is 1. The first-order valence-electron chi connectivity index (χ1n) is 16.1. The molecule has 5 bridgehead atoms. The fourth-order valence-electron chi connectivity index (χ4n) is 7.43. The molecule has 11 nitrogen and oxygen atoms in total. The SMILES string of the molecule is COC[C@H]1NC(=O)CC/C=C\CN(c2cc(C)ccc2C)C(=O)[C@@H]2N(CCO)C(=O)[C@H]3[C@H](C(=O)O[C@@H]1c1ccccc1)[C@@H]1C=C[C@]23O1. The van der Waals surface area contributed by atoms with Crippen LogP contribution in [0.5, 0.6) is 0 Å². The highest BCUT2D eigenvalue weighted by atomic mass is 16.6. The number of allylic oxidation sites excluding steroid dienone is 1. The monoisotopic (exact) mass is 643 g/mol. The van der Waals surface area contributed by atoms with Crippen LogP contribution in [-0.2, 0) is 33.4 Å². The van der Waals surface area contributed by atoms with E-state index in [1.807, 2.05) is 62.4 Å². The number of aliphatic hydroxyl groups is 1. The minimum Gasteiger partial charge on any atom is -0.455 e. The molecule has 6 rings (SSSR count). The summed E-state index contributed by atoms with van der Waals surface area (Å²) >= 11 is 0. The molecule has 2 aromatic carbocycles. The van der Waals surface area contributed by atoms with Crippen LogP contribution in [0.25, 0.3) is 0 Å². The molecule has 11 heteroatoms. The van der Waals surface area contributed by atoms with Crippen molar-refractivity contribution in [2.45, 2.75) is 56.6 Å². The molecule has 2 saturated heterocycles. The van der Waals surface area contributed by atoms with E-state index >= 15 is 0 Å². The molecule has 0 aromatic heterocycles. The quantitative estimate of drug-likeness (QED) is 0.363. The van der Waals surface area contributed by atoms with Crippen LogP contribution in [0.1, 0.15) is 35.6 Å². The molecule has 3 amide bonds. The smallest absolute Gasteiger partial charge is 0.313 e. The zero-order chi connectivity index (χ0) is 33.3. The maximum atomic E-state index is 14.8. The molecule has 4 aliphatic heterocycles. The normalized spacial score (nSPS) is 31.6. The third-order valence-electron chi connectivity index (χ3n) is 9.56. The number of carbonyl (C=O) groups is 4. The van der Waals surface area contributed by atoms with Gasteiger partial charge in [-0.25, -0.2) is 0 Å². The number of ether oxygens (including phenoxy) is 3. The van der Waals surface area contributed by atoms with Crippen LogP contribution in [0, 0.1) is 25.7 Å². The molecule has 4 aliphatic rings. The van der Waals surface area contributed by atoms with Gasteiger partial charge in [0.15, 0.2) is 0 Å². The van der Waals surface area contributed by atoms with Gasteiger partial charge in [0.2, 0.25) is 11.8 Å². The number of carbonyl (C=O) groups excluding carboxylic acids is 4. The number of nitrogens with zero attached hydrogens (tertiary/aromatic N) is 2. The van der Waals surface area contributed by atoms with Gasteiger partial charge in [-0.05, 0) is 43.0 Å². The summed E-state index contributed by atoms with van der Waals surface area (Å²) in [6.07, 6.45) is 5.98. The number of hydrogen-bond donors (Lipinski definition) is 2. The zero-order valence-electron chi connectivity index (χ0n) is 26.8. The second kappa shape index (κ2) is 13.4. The van der Waals surface area contributed by atoms with Crippen molar-refractivity contribution in [3.05, 3.63) is 89.5 Å². The maximum absolute atomic E-state index is 14.8. The average Bonchev–Trinajstić information content (AvgIpc) is 3.70. The number of likely N-dealkylation sites (tertiary alicyclic amines) is 1. The summed E-state index contributed by atoms with van der Waals surface area (Å²) in [6, 6.07) is 13.0. The molecule has 2 fully saturated rings. The molecule has 1 spiro atoms. The summed E-state index contributed by atoms with van der Waals surface area (Å²) < 4.78 is 18.2. The molecule has 47 heavy (non-hydrogen) atoms. The maximum Gasteiger partial charge on any atom is 0.313 e. The highest BCUT2D eigenvalue weighted by Crippen LogP contribution is 2.56. The lowest BCUT2D eigenvalue weighted by Gasteiger charge is -2.36. The van der Waals surface area contributed by atoms with Gasteiger partial charge in [-0.2, -0.15) is 0 Å². The number of aryl methyl sites for hydroxylation is 2. The van der Waals surface area contributed by atoms with Crippen molar-refractivity contribution in [2.24, 2.45) is 11.8 Å².